The van der Waals surface area contributed by atoms with Crippen molar-refractivity contribution in [2.45, 2.75) is 192 Å². The highest BCUT2D eigenvalue weighted by Gasteiger charge is 2.15. The first kappa shape index (κ1) is 48.3. The maximum absolute atomic E-state index is 12.6. The maximum Gasteiger partial charge on any atom is 0.317 e. The third-order valence-corrected chi connectivity index (χ3v) is 9.63. The zero-order valence-electron chi connectivity index (χ0n) is 34.2. The van der Waals surface area contributed by atoms with E-state index in [4.69, 9.17) is 14.2 Å². The molecule has 0 spiro atoms. The fourth-order valence-electron chi connectivity index (χ4n) is 6.42. The molecule has 0 amide bonds. The topological polar surface area (TPSA) is 82.1 Å². The van der Waals surface area contributed by atoms with Crippen LogP contribution in [0.2, 0.25) is 0 Å². The molecule has 1 aliphatic heterocycles. The van der Waals surface area contributed by atoms with Crippen molar-refractivity contribution in [3.63, 3.8) is 0 Å². The second-order valence-electron chi connectivity index (χ2n) is 15.1. The number of rotatable bonds is 5. The van der Waals surface area contributed by atoms with Crippen LogP contribution in [0.3, 0.4) is 0 Å². The zero-order chi connectivity index (χ0) is 38.3. The van der Waals surface area contributed by atoms with Crippen LogP contribution in [0, 0.1) is 0 Å². The lowest BCUT2D eigenvalue weighted by Gasteiger charge is -2.18. The largest absolute Gasteiger partial charge is 0.465 e. The Bertz CT molecular complexity index is 936. The Kier molecular flexibility index (Phi) is 34.3. The van der Waals surface area contributed by atoms with Crippen molar-refractivity contribution >= 4 is 17.9 Å². The lowest BCUT2D eigenvalue weighted by Crippen LogP contribution is -2.20. The van der Waals surface area contributed by atoms with Crippen LogP contribution in [0.5, 0.6) is 0 Å². The molecule has 0 aromatic rings. The number of carbonyl (C=O) groups excluding carboxylic acids is 3. The number of cyclic esters (lactones) is 2. The van der Waals surface area contributed by atoms with Crippen LogP contribution < -0.4 is 0 Å². The molecule has 0 aliphatic carbocycles. The van der Waals surface area contributed by atoms with Crippen LogP contribution in [-0.4, -0.2) is 62.8 Å². The summed E-state index contributed by atoms with van der Waals surface area (Å²) in [5.41, 5.74) is 0. The van der Waals surface area contributed by atoms with Gasteiger partial charge in [-0.2, -0.15) is 0 Å². The lowest BCUT2D eigenvalue weighted by atomic mass is 10.0. The molecule has 0 aromatic carbocycles. The summed E-state index contributed by atoms with van der Waals surface area (Å²) in [6.45, 7) is 1.64. The monoisotopic (exact) mass is 742 g/mol. The summed E-state index contributed by atoms with van der Waals surface area (Å²) in [6, 6.07) is 0. The predicted molar refractivity (Wildman–Crippen MR) is 221 cm³/mol. The van der Waals surface area contributed by atoms with Gasteiger partial charge in [0.05, 0.1) is 13.2 Å². The molecule has 0 N–H and O–H groups in total. The highest BCUT2D eigenvalue weighted by atomic mass is 16.6. The van der Waals surface area contributed by atoms with Crippen molar-refractivity contribution < 1.29 is 28.6 Å². The molecule has 0 aromatic heterocycles. The van der Waals surface area contributed by atoms with Crippen LogP contribution in [0.1, 0.15) is 186 Å². The third-order valence-electron chi connectivity index (χ3n) is 9.63. The van der Waals surface area contributed by atoms with Crippen LogP contribution >= 0.6 is 0 Å². The number of ether oxygens (including phenoxy) is 3. The number of allylic oxidation sites excluding steroid dienone is 8. The Labute approximate surface area is 325 Å². The van der Waals surface area contributed by atoms with Gasteiger partial charge in [0, 0.05) is 6.42 Å². The van der Waals surface area contributed by atoms with E-state index in [0.29, 0.717) is 19.6 Å². The van der Waals surface area contributed by atoms with Crippen molar-refractivity contribution in [1.29, 1.82) is 0 Å². The van der Waals surface area contributed by atoms with E-state index in [9.17, 15) is 14.4 Å². The van der Waals surface area contributed by atoms with Gasteiger partial charge in [-0.3, -0.25) is 14.4 Å². The highest BCUT2D eigenvalue weighted by Crippen LogP contribution is 2.18. The quantitative estimate of drug-likeness (QED) is 0.120. The zero-order valence-corrected chi connectivity index (χ0v) is 34.2. The number of esters is 3. The first-order valence-corrected chi connectivity index (χ1v) is 21.7. The van der Waals surface area contributed by atoms with E-state index < -0.39 is 11.9 Å². The average molecular weight is 742 g/mol. The standard InChI is InChI=1S/C46H79NO6/c1-47(2)39-35-38-44(48)53-43-36-31-27-23-19-15-11-7-3-5-9-13-17-21-25-29-33-40-51-45(49)42-46(50)52-41-34-30-26-22-18-14-10-6-4-8-12-16-20-24-28-32-37-43/h3-6,13-14,17-18,43H,7-12,15-16,19-42H2,1-2H3. The van der Waals surface area contributed by atoms with Crippen molar-refractivity contribution in [2.75, 3.05) is 33.9 Å². The van der Waals surface area contributed by atoms with Crippen LogP contribution in [0.25, 0.3) is 0 Å². The van der Waals surface area contributed by atoms with Crippen molar-refractivity contribution in [1.82, 2.24) is 4.90 Å². The van der Waals surface area contributed by atoms with Gasteiger partial charge in [-0.25, -0.2) is 0 Å². The van der Waals surface area contributed by atoms with Gasteiger partial charge < -0.3 is 19.1 Å². The van der Waals surface area contributed by atoms with Gasteiger partial charge in [-0.05, 0) is 143 Å². The Balaban J connectivity index is 2.43. The van der Waals surface area contributed by atoms with Gasteiger partial charge in [-0.15, -0.1) is 0 Å². The first-order valence-electron chi connectivity index (χ1n) is 21.7. The summed E-state index contributed by atoms with van der Waals surface area (Å²) in [6.07, 6.45) is 48.2. The maximum atomic E-state index is 12.6. The van der Waals surface area contributed by atoms with Crippen LogP contribution in [0.4, 0.5) is 0 Å². The minimum atomic E-state index is -0.493. The van der Waals surface area contributed by atoms with E-state index in [1.54, 1.807) is 0 Å². The number of nitrogens with zero attached hydrogens (tertiary/aromatic N) is 1. The summed E-state index contributed by atoms with van der Waals surface area (Å²) in [5.74, 6) is -1.00. The normalized spacial score (nSPS) is 21.5. The highest BCUT2D eigenvalue weighted by molar-refractivity contribution is 5.91. The Morgan fingerprint density at radius 2 is 0.943 bits per heavy atom. The van der Waals surface area contributed by atoms with Crippen LogP contribution in [-0.2, 0) is 28.6 Å². The number of hydrogen-bond acceptors (Lipinski definition) is 7. The van der Waals surface area contributed by atoms with E-state index in [0.717, 1.165) is 116 Å². The molecule has 304 valence electrons. The van der Waals surface area contributed by atoms with E-state index in [-0.39, 0.29) is 18.5 Å². The van der Waals surface area contributed by atoms with E-state index in [1.807, 2.05) is 14.1 Å². The van der Waals surface area contributed by atoms with Gasteiger partial charge in [0.1, 0.15) is 12.5 Å². The summed E-state index contributed by atoms with van der Waals surface area (Å²) in [5, 5.41) is 0. The smallest absolute Gasteiger partial charge is 0.317 e. The molecule has 1 aliphatic rings. The molecular formula is C46H79NO6. The summed E-state index contributed by atoms with van der Waals surface area (Å²) >= 11 is 0. The Morgan fingerprint density at radius 1 is 0.566 bits per heavy atom. The molecule has 0 radical (unpaired) electrons. The van der Waals surface area contributed by atoms with Gasteiger partial charge >= 0.3 is 17.9 Å². The van der Waals surface area contributed by atoms with E-state index in [2.05, 4.69) is 53.5 Å². The fourth-order valence-corrected chi connectivity index (χ4v) is 6.42. The lowest BCUT2D eigenvalue weighted by molar-refractivity contribution is -0.155. The molecule has 0 fully saturated rings. The average Bonchev–Trinajstić information content (AvgIpc) is 3.12. The molecule has 0 bridgehead atoms. The van der Waals surface area contributed by atoms with Crippen molar-refractivity contribution in [3.05, 3.63) is 48.6 Å². The molecular weight excluding hydrogens is 663 g/mol. The van der Waals surface area contributed by atoms with Gasteiger partial charge in [0.2, 0.25) is 0 Å². The molecule has 0 unspecified atom stereocenters. The predicted octanol–water partition coefficient (Wildman–Crippen LogP) is 12.1. The summed E-state index contributed by atoms with van der Waals surface area (Å²) in [7, 11) is 4.10. The van der Waals surface area contributed by atoms with Crippen LogP contribution in [0.15, 0.2) is 48.6 Å². The molecule has 1 heterocycles. The fraction of sp³-hybridized carbons (Fsp3) is 0.761. The molecule has 0 saturated heterocycles. The second kappa shape index (κ2) is 37.6. The van der Waals surface area contributed by atoms with Crippen molar-refractivity contribution in [2.24, 2.45) is 0 Å². The second-order valence-corrected chi connectivity index (χ2v) is 15.1. The molecule has 1 rings (SSSR count). The molecule has 0 saturated carbocycles. The number of carbonyl (C=O) groups is 3. The Hall–Kier alpha value is -2.67. The summed E-state index contributed by atoms with van der Waals surface area (Å²) in [4.78, 5) is 38.5. The van der Waals surface area contributed by atoms with E-state index >= 15 is 0 Å². The molecule has 7 nitrogen and oxygen atoms in total. The van der Waals surface area contributed by atoms with E-state index in [1.165, 1.54) is 64.2 Å². The molecule has 53 heavy (non-hydrogen) atoms. The molecule has 0 atom stereocenters. The summed E-state index contributed by atoms with van der Waals surface area (Å²) < 4.78 is 16.4. The number of hydrogen-bond donors (Lipinski definition) is 0. The third kappa shape index (κ3) is 36.1. The van der Waals surface area contributed by atoms with Gasteiger partial charge in [0.15, 0.2) is 0 Å². The van der Waals surface area contributed by atoms with Gasteiger partial charge in [0.25, 0.3) is 0 Å². The first-order chi connectivity index (χ1) is 26.0. The van der Waals surface area contributed by atoms with Gasteiger partial charge in [-0.1, -0.05) is 100.0 Å². The molecule has 7 heteroatoms. The Morgan fingerprint density at radius 3 is 1.36 bits per heavy atom. The van der Waals surface area contributed by atoms with Crippen molar-refractivity contribution in [3.8, 4) is 0 Å². The minimum Gasteiger partial charge on any atom is -0.465 e. The minimum absolute atomic E-state index is 0.0171. The SMILES string of the molecule is CN(C)CCCC(=O)OC1CCCCCCCCC=CCC=CCCCCCOC(=O)CC(=O)OCCCCCC=CCC=CCCCCCCCC1.